The highest BCUT2D eigenvalue weighted by molar-refractivity contribution is 9.12. The average Bonchev–Trinajstić information content (AvgIpc) is 3.51. The first kappa shape index (κ1) is 26.1. The smallest absolute Gasteiger partial charge is 0.282 e. The molecule has 2 bridgehead atoms. The highest BCUT2D eigenvalue weighted by atomic mass is 79.9. The number of Topliss-reactive ketones (excluding diaryl/α,β-unsaturated/α-hetero) is 1. The van der Waals surface area contributed by atoms with E-state index in [0.29, 0.717) is 16.4 Å². The van der Waals surface area contributed by atoms with Gasteiger partial charge in [0, 0.05) is 33.4 Å². The number of para-hydroxylation sites is 1. The molecule has 12 nitrogen and oxygen atoms in total. The summed E-state index contributed by atoms with van der Waals surface area (Å²) in [5, 5.41) is 24.1. The summed E-state index contributed by atoms with van der Waals surface area (Å²) in [7, 11) is 0. The maximum Gasteiger partial charge on any atom is 0.282 e. The Hall–Kier alpha value is -3.52. The zero-order chi connectivity index (χ0) is 27.5. The first-order valence-electron chi connectivity index (χ1n) is 11.5. The van der Waals surface area contributed by atoms with Gasteiger partial charge in [-0.05, 0) is 24.3 Å². The molecule has 2 aliphatic carbocycles. The zero-order valence-electron chi connectivity index (χ0n) is 19.3. The maximum atomic E-state index is 13.7. The highest BCUT2D eigenvalue weighted by Crippen LogP contribution is 2.60. The van der Waals surface area contributed by atoms with E-state index in [9.17, 15) is 39.4 Å². The van der Waals surface area contributed by atoms with Gasteiger partial charge in [-0.2, -0.15) is 5.01 Å². The average molecular weight is 650 g/mol. The van der Waals surface area contributed by atoms with Crippen molar-refractivity contribution in [2.75, 3.05) is 6.54 Å². The lowest BCUT2D eigenvalue weighted by Gasteiger charge is -2.30. The number of benzene rings is 2. The van der Waals surface area contributed by atoms with E-state index in [2.05, 4.69) is 31.9 Å². The Morgan fingerprint density at radius 1 is 0.921 bits per heavy atom. The molecular formula is C24H18Br2N4O8. The second kappa shape index (κ2) is 9.66. The Morgan fingerprint density at radius 3 is 2.11 bits per heavy atom. The number of ketones is 1. The lowest BCUT2D eigenvalue weighted by Crippen LogP contribution is -2.52. The summed E-state index contributed by atoms with van der Waals surface area (Å²) in [6.45, 7) is -0.839. The number of hydrogen-bond donors (Lipinski definition) is 0. The summed E-state index contributed by atoms with van der Waals surface area (Å²) in [5.74, 6) is -4.96. The van der Waals surface area contributed by atoms with Gasteiger partial charge in [0.1, 0.15) is 12.1 Å². The largest absolute Gasteiger partial charge is 0.292 e. The number of fused-ring (bicyclic) bond motifs is 5. The number of nitrogens with zero attached hydrogens (tertiary/aromatic N) is 4. The molecule has 2 aromatic carbocycles. The van der Waals surface area contributed by atoms with E-state index >= 15 is 0 Å². The Morgan fingerprint density at radius 2 is 1.53 bits per heavy atom. The van der Waals surface area contributed by atoms with Crippen molar-refractivity contribution in [2.45, 2.75) is 16.1 Å². The van der Waals surface area contributed by atoms with Gasteiger partial charge in [0.25, 0.3) is 29.1 Å². The van der Waals surface area contributed by atoms with Crippen LogP contribution in [-0.4, -0.2) is 59.6 Å². The molecule has 1 saturated heterocycles. The van der Waals surface area contributed by atoms with Crippen LogP contribution in [0.3, 0.4) is 0 Å². The summed E-state index contributed by atoms with van der Waals surface area (Å²) in [4.78, 5) is 75.4. The second-order valence-electron chi connectivity index (χ2n) is 9.36. The van der Waals surface area contributed by atoms with Crippen LogP contribution in [0.5, 0.6) is 0 Å². The molecule has 0 radical (unpaired) electrons. The van der Waals surface area contributed by atoms with Crippen LogP contribution in [0, 0.1) is 43.9 Å². The molecule has 5 rings (SSSR count). The molecule has 0 spiro atoms. The van der Waals surface area contributed by atoms with Crippen LogP contribution in [0.4, 0.5) is 11.4 Å². The first-order valence-corrected chi connectivity index (χ1v) is 13.3. The fourth-order valence-electron chi connectivity index (χ4n) is 5.78. The number of halogens is 2. The predicted molar refractivity (Wildman–Crippen MR) is 137 cm³/mol. The Labute approximate surface area is 231 Å². The van der Waals surface area contributed by atoms with Gasteiger partial charge in [-0.15, -0.1) is 0 Å². The van der Waals surface area contributed by atoms with Gasteiger partial charge in [-0.25, -0.2) is 5.01 Å². The number of hydrazine groups is 1. The lowest BCUT2D eigenvalue weighted by molar-refractivity contribution is -0.385. The second-order valence-corrected chi connectivity index (χ2v) is 11.5. The van der Waals surface area contributed by atoms with E-state index in [4.69, 9.17) is 0 Å². The van der Waals surface area contributed by atoms with Gasteiger partial charge in [0.05, 0.1) is 21.7 Å². The number of carbonyl (C=O) groups is 4. The van der Waals surface area contributed by atoms with E-state index in [0.717, 1.165) is 12.1 Å². The molecular weight excluding hydrogens is 632 g/mol. The Bertz CT molecular complexity index is 1390. The van der Waals surface area contributed by atoms with Crippen LogP contribution in [0.1, 0.15) is 27.1 Å². The number of non-ortho nitro benzene ring substituents is 1. The molecule has 2 saturated carbocycles. The predicted octanol–water partition coefficient (Wildman–Crippen LogP) is 3.52. The normalized spacial score (nSPS) is 27.4. The standard InChI is InChI=1S/C24H18Br2N4O8/c25-20-14-9-15(21(20)26)19-18(14)23(33)28(24(19)34)27(22(32)13-6-1-2-7-16(13)30(37)38)10-17(31)11-4-3-5-12(8-11)29(35)36/h1-8,14-15,18-21H,9-10H2/t14-,15-,18-,19+,20+,21+/m1/s1. The van der Waals surface area contributed by atoms with E-state index in [1.54, 1.807) is 0 Å². The number of rotatable bonds is 7. The fraction of sp³-hybridized carbons (Fsp3) is 0.333. The molecule has 6 atom stereocenters. The van der Waals surface area contributed by atoms with Gasteiger partial charge in [-0.1, -0.05) is 56.1 Å². The molecule has 0 unspecified atom stereocenters. The molecule has 1 aliphatic heterocycles. The third-order valence-corrected chi connectivity index (χ3v) is 10.6. The first-order chi connectivity index (χ1) is 18.0. The third-order valence-electron chi connectivity index (χ3n) is 7.44. The van der Waals surface area contributed by atoms with Crippen LogP contribution in [-0.2, 0) is 9.59 Å². The van der Waals surface area contributed by atoms with Crippen LogP contribution in [0.15, 0.2) is 48.5 Å². The summed E-state index contributed by atoms with van der Waals surface area (Å²) >= 11 is 7.18. The lowest BCUT2D eigenvalue weighted by atomic mass is 9.81. The molecule has 0 N–H and O–H groups in total. The van der Waals surface area contributed by atoms with Crippen molar-refractivity contribution < 1.29 is 29.0 Å². The summed E-state index contributed by atoms with van der Waals surface area (Å²) in [5.41, 5.74) is -1.47. The van der Waals surface area contributed by atoms with Gasteiger partial charge in [-0.3, -0.25) is 39.4 Å². The number of alkyl halides is 2. The SMILES string of the molecule is O=C(CN(C(=O)c1ccccc1[N+](=O)[O-])N1C(=O)[C@@H]2[C@H]3C[C@@H]([C@H](Br)[C@H]3Br)[C@@H]2C1=O)c1cccc([N+](=O)[O-])c1. The van der Waals surface area contributed by atoms with Gasteiger partial charge < -0.3 is 0 Å². The van der Waals surface area contributed by atoms with Crippen molar-refractivity contribution >= 4 is 66.7 Å². The monoisotopic (exact) mass is 648 g/mol. The van der Waals surface area contributed by atoms with Crippen molar-refractivity contribution in [3.05, 3.63) is 79.9 Å². The topological polar surface area (TPSA) is 161 Å². The molecule has 1 heterocycles. The van der Waals surface area contributed by atoms with E-state index in [1.165, 1.54) is 36.4 Å². The fourth-order valence-corrected chi connectivity index (χ4v) is 7.65. The minimum atomic E-state index is -1.09. The number of imide groups is 1. The minimum absolute atomic E-state index is 0.0729. The molecule has 196 valence electrons. The molecule has 38 heavy (non-hydrogen) atoms. The van der Waals surface area contributed by atoms with E-state index < -0.39 is 63.0 Å². The molecule has 2 aromatic rings. The molecule has 3 aliphatic rings. The van der Waals surface area contributed by atoms with E-state index in [-0.39, 0.29) is 32.7 Å². The van der Waals surface area contributed by atoms with Crippen molar-refractivity contribution in [1.82, 2.24) is 10.0 Å². The van der Waals surface area contributed by atoms with Gasteiger partial charge >= 0.3 is 0 Å². The van der Waals surface area contributed by atoms with Crippen LogP contribution in [0.25, 0.3) is 0 Å². The van der Waals surface area contributed by atoms with Crippen LogP contribution >= 0.6 is 31.9 Å². The Balaban J connectivity index is 1.55. The third kappa shape index (κ3) is 4.02. The zero-order valence-corrected chi connectivity index (χ0v) is 22.5. The number of carbonyl (C=O) groups excluding carboxylic acids is 4. The molecule has 14 heteroatoms. The minimum Gasteiger partial charge on any atom is -0.292 e. The van der Waals surface area contributed by atoms with E-state index in [1.807, 2.05) is 0 Å². The van der Waals surface area contributed by atoms with Crippen LogP contribution in [0.2, 0.25) is 0 Å². The molecule has 3 amide bonds. The number of amides is 3. The maximum absolute atomic E-state index is 13.7. The van der Waals surface area contributed by atoms with Crippen molar-refractivity contribution in [1.29, 1.82) is 0 Å². The van der Waals surface area contributed by atoms with Crippen molar-refractivity contribution in [2.24, 2.45) is 23.7 Å². The number of nitro benzene ring substituents is 2. The quantitative estimate of drug-likeness (QED) is 0.145. The van der Waals surface area contributed by atoms with Crippen molar-refractivity contribution in [3.8, 4) is 0 Å². The molecule has 3 fully saturated rings. The number of nitro groups is 2. The summed E-state index contributed by atoms with van der Waals surface area (Å²) in [6, 6.07) is 9.80. The Kier molecular flexibility index (Phi) is 6.63. The van der Waals surface area contributed by atoms with Gasteiger partial charge in [0.15, 0.2) is 5.78 Å². The van der Waals surface area contributed by atoms with Gasteiger partial charge in [0.2, 0.25) is 0 Å². The van der Waals surface area contributed by atoms with Crippen LogP contribution < -0.4 is 0 Å². The molecule has 0 aromatic heterocycles. The number of hydrogen-bond acceptors (Lipinski definition) is 8. The van der Waals surface area contributed by atoms with Crippen molar-refractivity contribution in [3.63, 3.8) is 0 Å². The summed E-state index contributed by atoms with van der Waals surface area (Å²) < 4.78 is 0. The highest BCUT2D eigenvalue weighted by Gasteiger charge is 2.67. The summed E-state index contributed by atoms with van der Waals surface area (Å²) in [6.07, 6.45) is 0.636.